The number of benzene rings is 1. The molecule has 2 N–H and O–H groups in total. The molecule has 0 bridgehead atoms. The van der Waals surface area contributed by atoms with Gasteiger partial charge in [-0.2, -0.15) is 0 Å². The van der Waals surface area contributed by atoms with Crippen LogP contribution < -0.4 is 10.5 Å². The summed E-state index contributed by atoms with van der Waals surface area (Å²) < 4.78 is 5.87. The highest BCUT2D eigenvalue weighted by molar-refractivity contribution is 5.40. The summed E-state index contributed by atoms with van der Waals surface area (Å²) in [6.07, 6.45) is 6.42. The molecule has 1 aromatic carbocycles. The highest BCUT2D eigenvalue weighted by Crippen LogP contribution is 2.33. The van der Waals surface area contributed by atoms with Crippen molar-refractivity contribution in [2.24, 2.45) is 5.73 Å². The average Bonchev–Trinajstić information content (AvgIpc) is 2.54. The molecule has 3 rings (SSSR count). The smallest absolute Gasteiger partial charge is 0.120 e. The second kappa shape index (κ2) is 3.53. The van der Waals surface area contributed by atoms with Crippen LogP contribution in [0.25, 0.3) is 0 Å². The zero-order valence-corrected chi connectivity index (χ0v) is 8.91. The summed E-state index contributed by atoms with van der Waals surface area (Å²) >= 11 is 0. The molecule has 2 heteroatoms. The van der Waals surface area contributed by atoms with Gasteiger partial charge in [-0.15, -0.1) is 0 Å². The Balaban J connectivity index is 1.79. The second-order valence-corrected chi connectivity index (χ2v) is 4.68. The van der Waals surface area contributed by atoms with E-state index in [9.17, 15) is 0 Å². The zero-order valence-electron chi connectivity index (χ0n) is 8.91. The summed E-state index contributed by atoms with van der Waals surface area (Å²) in [5.74, 6) is 1.03. The normalized spacial score (nSPS) is 24.7. The van der Waals surface area contributed by atoms with Crippen molar-refractivity contribution in [3.63, 3.8) is 0 Å². The third-order valence-electron chi connectivity index (χ3n) is 3.59. The first-order valence-corrected chi connectivity index (χ1v) is 5.88. The van der Waals surface area contributed by atoms with Gasteiger partial charge in [0.2, 0.25) is 0 Å². The van der Waals surface area contributed by atoms with E-state index in [4.69, 9.17) is 10.5 Å². The Kier molecular flexibility index (Phi) is 2.17. The lowest BCUT2D eigenvalue weighted by molar-refractivity contribution is 0.120. The molecule has 15 heavy (non-hydrogen) atoms. The fraction of sp³-hybridized carbons (Fsp3) is 0.538. The maximum absolute atomic E-state index is 5.99. The third kappa shape index (κ3) is 1.63. The van der Waals surface area contributed by atoms with Crippen molar-refractivity contribution in [1.29, 1.82) is 0 Å². The van der Waals surface area contributed by atoms with Crippen molar-refractivity contribution in [2.75, 3.05) is 0 Å². The number of hydrogen-bond donors (Lipinski definition) is 1. The van der Waals surface area contributed by atoms with E-state index in [1.54, 1.807) is 0 Å². The van der Waals surface area contributed by atoms with Gasteiger partial charge in [0, 0.05) is 6.04 Å². The van der Waals surface area contributed by atoms with E-state index in [-0.39, 0.29) is 6.04 Å². The Labute approximate surface area is 90.4 Å². The van der Waals surface area contributed by atoms with Gasteiger partial charge in [0.15, 0.2) is 0 Å². The maximum Gasteiger partial charge on any atom is 0.120 e. The lowest BCUT2D eigenvalue weighted by Gasteiger charge is -2.26. The molecule has 1 fully saturated rings. The minimum Gasteiger partial charge on any atom is -0.490 e. The summed E-state index contributed by atoms with van der Waals surface area (Å²) in [5, 5.41) is 0. The average molecular weight is 203 g/mol. The van der Waals surface area contributed by atoms with Crippen molar-refractivity contribution in [1.82, 2.24) is 0 Å². The van der Waals surface area contributed by atoms with Gasteiger partial charge in [-0.1, -0.05) is 6.07 Å². The number of nitrogens with two attached hydrogens (primary N) is 1. The number of fused-ring (bicyclic) bond motifs is 1. The van der Waals surface area contributed by atoms with Crippen molar-refractivity contribution in [2.45, 2.75) is 44.2 Å². The Bertz CT molecular complexity index is 371. The number of hydrogen-bond acceptors (Lipinski definition) is 2. The quantitative estimate of drug-likeness (QED) is 0.801. The van der Waals surface area contributed by atoms with Crippen LogP contribution in [0.1, 0.15) is 42.9 Å². The minimum absolute atomic E-state index is 0.248. The molecule has 0 aliphatic heterocycles. The van der Waals surface area contributed by atoms with Crippen LogP contribution in [0.3, 0.4) is 0 Å². The van der Waals surface area contributed by atoms with Crippen LogP contribution in [0.15, 0.2) is 18.2 Å². The van der Waals surface area contributed by atoms with Gasteiger partial charge in [0.05, 0.1) is 6.10 Å². The van der Waals surface area contributed by atoms with Gasteiger partial charge in [-0.25, -0.2) is 0 Å². The third-order valence-corrected chi connectivity index (χ3v) is 3.59. The molecule has 2 aliphatic carbocycles. The van der Waals surface area contributed by atoms with E-state index in [1.807, 2.05) is 0 Å². The number of ether oxygens (including phenoxy) is 1. The van der Waals surface area contributed by atoms with Crippen molar-refractivity contribution in [3.05, 3.63) is 29.3 Å². The van der Waals surface area contributed by atoms with Crippen LogP contribution in [0.5, 0.6) is 5.75 Å². The van der Waals surface area contributed by atoms with Gasteiger partial charge in [0.25, 0.3) is 0 Å². The lowest BCUT2D eigenvalue weighted by atomic mass is 9.96. The van der Waals surface area contributed by atoms with Crippen LogP contribution in [-0.4, -0.2) is 6.10 Å². The van der Waals surface area contributed by atoms with Gasteiger partial charge in [-0.3, -0.25) is 0 Å². The van der Waals surface area contributed by atoms with Crippen LogP contribution in [-0.2, 0) is 6.42 Å². The Morgan fingerprint density at radius 3 is 2.80 bits per heavy atom. The van der Waals surface area contributed by atoms with Crippen molar-refractivity contribution in [3.8, 4) is 5.75 Å². The van der Waals surface area contributed by atoms with Gasteiger partial charge < -0.3 is 10.5 Å². The van der Waals surface area contributed by atoms with E-state index in [2.05, 4.69) is 18.2 Å². The topological polar surface area (TPSA) is 35.2 Å². The molecule has 2 aliphatic rings. The van der Waals surface area contributed by atoms with Crippen molar-refractivity contribution < 1.29 is 4.74 Å². The van der Waals surface area contributed by atoms with Crippen LogP contribution in [0.2, 0.25) is 0 Å². The van der Waals surface area contributed by atoms with Gasteiger partial charge in [-0.05, 0) is 55.4 Å². The van der Waals surface area contributed by atoms with E-state index in [0.29, 0.717) is 6.10 Å². The van der Waals surface area contributed by atoms with Crippen LogP contribution in [0, 0.1) is 0 Å². The van der Waals surface area contributed by atoms with E-state index >= 15 is 0 Å². The van der Waals surface area contributed by atoms with Crippen LogP contribution >= 0.6 is 0 Å². The summed E-state index contributed by atoms with van der Waals surface area (Å²) in [6, 6.07) is 6.64. The lowest BCUT2D eigenvalue weighted by Crippen LogP contribution is -2.24. The highest BCUT2D eigenvalue weighted by atomic mass is 16.5. The molecular weight excluding hydrogens is 186 g/mol. The van der Waals surface area contributed by atoms with Crippen LogP contribution in [0.4, 0.5) is 0 Å². The molecule has 0 amide bonds. The standard InChI is InChI=1S/C13H17NO/c14-13-7-4-9-8-11(5-6-12(9)13)15-10-2-1-3-10/h5-6,8,10,13H,1-4,7,14H2. The Morgan fingerprint density at radius 2 is 2.07 bits per heavy atom. The van der Waals surface area contributed by atoms with E-state index in [0.717, 1.165) is 18.6 Å². The van der Waals surface area contributed by atoms with E-state index in [1.165, 1.54) is 30.4 Å². The molecule has 1 atom stereocenters. The SMILES string of the molecule is NC1CCc2cc(OC3CCC3)ccc21. The van der Waals surface area contributed by atoms with Gasteiger partial charge >= 0.3 is 0 Å². The highest BCUT2D eigenvalue weighted by Gasteiger charge is 2.22. The second-order valence-electron chi connectivity index (χ2n) is 4.68. The zero-order chi connectivity index (χ0) is 10.3. The summed E-state index contributed by atoms with van der Waals surface area (Å²) in [6.45, 7) is 0. The largest absolute Gasteiger partial charge is 0.490 e. The van der Waals surface area contributed by atoms with Gasteiger partial charge in [0.1, 0.15) is 5.75 Å². The molecule has 0 saturated heterocycles. The Hall–Kier alpha value is -1.02. The molecule has 1 saturated carbocycles. The molecule has 0 heterocycles. The first kappa shape index (κ1) is 9.22. The summed E-state index contributed by atoms with van der Waals surface area (Å²) in [4.78, 5) is 0. The summed E-state index contributed by atoms with van der Waals surface area (Å²) in [7, 11) is 0. The monoisotopic (exact) mass is 203 g/mol. The maximum atomic E-state index is 5.99. The minimum atomic E-state index is 0.248. The first-order chi connectivity index (χ1) is 7.33. The molecular formula is C13H17NO. The van der Waals surface area contributed by atoms with Crippen molar-refractivity contribution >= 4 is 0 Å². The molecule has 0 aromatic heterocycles. The molecule has 1 unspecified atom stereocenters. The number of rotatable bonds is 2. The molecule has 0 spiro atoms. The molecule has 1 aromatic rings. The Morgan fingerprint density at radius 1 is 1.20 bits per heavy atom. The first-order valence-electron chi connectivity index (χ1n) is 5.88. The summed E-state index contributed by atoms with van der Waals surface area (Å²) in [5.41, 5.74) is 8.70. The van der Waals surface area contributed by atoms with E-state index < -0.39 is 0 Å². The number of aryl methyl sites for hydroxylation is 1. The molecule has 0 radical (unpaired) electrons. The fourth-order valence-electron chi connectivity index (χ4n) is 2.38. The predicted molar refractivity (Wildman–Crippen MR) is 60.0 cm³/mol. The molecule has 2 nitrogen and oxygen atoms in total. The molecule has 80 valence electrons. The fourth-order valence-corrected chi connectivity index (χ4v) is 2.38. The predicted octanol–water partition coefficient (Wildman–Crippen LogP) is 2.56.